The van der Waals surface area contributed by atoms with Crippen molar-refractivity contribution >= 4 is 32.8 Å². The van der Waals surface area contributed by atoms with Gasteiger partial charge in [-0.3, -0.25) is 0 Å². The predicted octanol–water partition coefficient (Wildman–Crippen LogP) is 5.38. The molecule has 0 atom stereocenters. The number of nitrogens with zero attached hydrogens (tertiary/aromatic N) is 1. The molecule has 0 spiro atoms. The molecule has 0 saturated heterocycles. The number of thiazole rings is 1. The smallest absolute Gasteiger partial charge is 0.124 e. The lowest BCUT2D eigenvalue weighted by Crippen LogP contribution is -1.81. The number of halogens is 1. The molecule has 1 aliphatic rings. The second-order valence-electron chi connectivity index (χ2n) is 4.33. The van der Waals surface area contributed by atoms with Crippen molar-refractivity contribution < 1.29 is 0 Å². The summed E-state index contributed by atoms with van der Waals surface area (Å²) in [5.41, 5.74) is 1.47. The summed E-state index contributed by atoms with van der Waals surface area (Å²) >= 11 is 5.50. The third-order valence-electron chi connectivity index (χ3n) is 2.79. The van der Waals surface area contributed by atoms with E-state index in [0.29, 0.717) is 0 Å². The zero-order valence-corrected chi connectivity index (χ0v) is 12.3. The second-order valence-corrected chi connectivity index (χ2v) is 6.12. The van der Waals surface area contributed by atoms with E-state index >= 15 is 0 Å². The molecule has 0 unspecified atom stereocenters. The quantitative estimate of drug-likeness (QED) is 0.711. The molecule has 1 fully saturated rings. The van der Waals surface area contributed by atoms with Crippen LogP contribution in [0.5, 0.6) is 0 Å². The average molecular weight is 300 g/mol. The summed E-state index contributed by atoms with van der Waals surface area (Å²) in [5, 5.41) is 1.33. The van der Waals surface area contributed by atoms with Crippen LogP contribution >= 0.6 is 27.3 Å². The number of hydrogen-bond donors (Lipinski definition) is 0. The molecule has 0 aliphatic heterocycles. The molecule has 1 aromatic rings. The van der Waals surface area contributed by atoms with Gasteiger partial charge in [0.1, 0.15) is 4.60 Å². The van der Waals surface area contributed by atoms with Crippen LogP contribution in [-0.4, -0.2) is 4.98 Å². The van der Waals surface area contributed by atoms with Crippen molar-refractivity contribution in [2.24, 2.45) is 0 Å². The summed E-state index contributed by atoms with van der Waals surface area (Å²) in [5.74, 6) is 0.763. The maximum Gasteiger partial charge on any atom is 0.124 e. The van der Waals surface area contributed by atoms with Crippen molar-refractivity contribution in [2.75, 3.05) is 0 Å². The summed E-state index contributed by atoms with van der Waals surface area (Å²) in [6.45, 7) is 4.44. The molecule has 1 aromatic heterocycles. The minimum Gasteiger partial charge on any atom is -0.233 e. The molecule has 1 nitrogen and oxygen atoms in total. The van der Waals surface area contributed by atoms with E-state index in [4.69, 9.17) is 0 Å². The van der Waals surface area contributed by atoms with Gasteiger partial charge < -0.3 is 0 Å². The maximum absolute atomic E-state index is 4.65. The Kier molecular flexibility index (Phi) is 4.20. The summed E-state index contributed by atoms with van der Waals surface area (Å²) in [6.07, 6.45) is 8.49. The van der Waals surface area contributed by atoms with E-state index < -0.39 is 0 Å². The Labute approximate surface area is 110 Å². The van der Waals surface area contributed by atoms with Gasteiger partial charge in [0.2, 0.25) is 0 Å². The van der Waals surface area contributed by atoms with Crippen LogP contribution in [0, 0.1) is 0 Å². The highest BCUT2D eigenvalue weighted by atomic mass is 79.9. The lowest BCUT2D eigenvalue weighted by molar-refractivity contribution is 0.968. The van der Waals surface area contributed by atoms with Gasteiger partial charge in [-0.25, -0.2) is 4.98 Å². The molecule has 3 heteroatoms. The van der Waals surface area contributed by atoms with E-state index in [-0.39, 0.29) is 0 Å². The Morgan fingerprint density at radius 2 is 2.25 bits per heavy atom. The van der Waals surface area contributed by atoms with Crippen molar-refractivity contribution in [3.63, 3.8) is 0 Å². The van der Waals surface area contributed by atoms with Gasteiger partial charge in [-0.2, -0.15) is 0 Å². The van der Waals surface area contributed by atoms with Crippen molar-refractivity contribution in [3.05, 3.63) is 20.6 Å². The molecular formula is C13H18BrNS. The Balaban J connectivity index is 2.25. The maximum atomic E-state index is 4.65. The molecule has 1 heterocycles. The zero-order valence-electron chi connectivity index (χ0n) is 9.92. The molecule has 0 radical (unpaired) electrons. The van der Waals surface area contributed by atoms with E-state index in [9.17, 15) is 0 Å². The lowest BCUT2D eigenvalue weighted by atomic mass is 10.1. The van der Waals surface area contributed by atoms with Crippen LogP contribution < -0.4 is 0 Å². The first-order valence-corrected chi connectivity index (χ1v) is 7.72. The summed E-state index contributed by atoms with van der Waals surface area (Å²) in [7, 11) is 0. The van der Waals surface area contributed by atoms with Gasteiger partial charge in [0.25, 0.3) is 0 Å². The molecule has 0 N–H and O–H groups in total. The second kappa shape index (κ2) is 5.46. The van der Waals surface area contributed by atoms with Crippen LogP contribution in [0.25, 0.3) is 5.57 Å². The molecule has 0 aromatic carbocycles. The summed E-state index contributed by atoms with van der Waals surface area (Å²) in [6, 6.07) is 0. The highest BCUT2D eigenvalue weighted by molar-refractivity contribution is 9.10. The first-order chi connectivity index (χ1) is 7.76. The molecule has 16 heavy (non-hydrogen) atoms. The number of rotatable bonds is 5. The molecule has 1 saturated carbocycles. The topological polar surface area (TPSA) is 12.9 Å². The Hall–Kier alpha value is -0.150. The standard InChI is InChI=1S/C13H18BrNS/c1-3-5-9(6-4-2)11-12(14)15-13(16-11)10-7-8-10/h5,10H,3-4,6-8H2,1-2H3/b9-5-. The third kappa shape index (κ3) is 2.75. The predicted molar refractivity (Wildman–Crippen MR) is 75.0 cm³/mol. The zero-order chi connectivity index (χ0) is 11.5. The minimum absolute atomic E-state index is 0.763. The Morgan fingerprint density at radius 1 is 1.50 bits per heavy atom. The van der Waals surface area contributed by atoms with Crippen LogP contribution in [0.4, 0.5) is 0 Å². The SMILES string of the molecule is CC/C=C(/CCC)c1sc(C2CC2)nc1Br. The summed E-state index contributed by atoms with van der Waals surface area (Å²) < 4.78 is 1.06. The normalized spacial score (nSPS) is 16.8. The van der Waals surface area contributed by atoms with Gasteiger partial charge in [0.15, 0.2) is 0 Å². The monoisotopic (exact) mass is 299 g/mol. The highest BCUT2D eigenvalue weighted by Gasteiger charge is 2.28. The van der Waals surface area contributed by atoms with Crippen molar-refractivity contribution in [1.82, 2.24) is 4.98 Å². The first kappa shape index (κ1) is 12.3. The van der Waals surface area contributed by atoms with Gasteiger partial charge in [0, 0.05) is 5.92 Å². The largest absolute Gasteiger partial charge is 0.233 e. The fraction of sp³-hybridized carbons (Fsp3) is 0.615. The molecule has 0 bridgehead atoms. The number of hydrogen-bond acceptors (Lipinski definition) is 2. The molecule has 88 valence electrons. The van der Waals surface area contributed by atoms with E-state index in [2.05, 4.69) is 40.8 Å². The van der Waals surface area contributed by atoms with Crippen LogP contribution in [0.15, 0.2) is 10.7 Å². The third-order valence-corrected chi connectivity index (χ3v) is 4.92. The summed E-state index contributed by atoms with van der Waals surface area (Å²) in [4.78, 5) is 6.02. The van der Waals surface area contributed by atoms with Gasteiger partial charge in [-0.1, -0.05) is 26.3 Å². The lowest BCUT2D eigenvalue weighted by Gasteiger charge is -2.02. The van der Waals surface area contributed by atoms with E-state index in [1.54, 1.807) is 0 Å². The van der Waals surface area contributed by atoms with Crippen LogP contribution in [0.2, 0.25) is 0 Å². The average Bonchev–Trinajstić information content (AvgIpc) is 3.03. The highest BCUT2D eigenvalue weighted by Crippen LogP contribution is 2.45. The molecular weight excluding hydrogens is 282 g/mol. The van der Waals surface area contributed by atoms with Gasteiger partial charge in [-0.15, -0.1) is 11.3 Å². The van der Waals surface area contributed by atoms with Crippen molar-refractivity contribution in [3.8, 4) is 0 Å². The minimum atomic E-state index is 0.763. The van der Waals surface area contributed by atoms with Crippen LogP contribution in [0.1, 0.15) is 61.8 Å². The van der Waals surface area contributed by atoms with Crippen LogP contribution in [-0.2, 0) is 0 Å². The van der Waals surface area contributed by atoms with E-state index in [0.717, 1.165) is 16.9 Å². The fourth-order valence-corrected chi connectivity index (χ4v) is 3.84. The van der Waals surface area contributed by atoms with E-state index in [1.807, 2.05) is 11.3 Å². The molecule has 0 amide bonds. The Bertz CT molecular complexity index is 391. The number of allylic oxidation sites excluding steroid dienone is 2. The van der Waals surface area contributed by atoms with Crippen LogP contribution in [0.3, 0.4) is 0 Å². The van der Waals surface area contributed by atoms with Crippen molar-refractivity contribution in [2.45, 2.75) is 51.9 Å². The number of aromatic nitrogens is 1. The Morgan fingerprint density at radius 3 is 2.81 bits per heavy atom. The molecule has 1 aliphatic carbocycles. The van der Waals surface area contributed by atoms with Gasteiger partial charge >= 0.3 is 0 Å². The van der Waals surface area contributed by atoms with E-state index in [1.165, 1.54) is 41.1 Å². The first-order valence-electron chi connectivity index (χ1n) is 6.11. The molecule has 2 rings (SSSR count). The van der Waals surface area contributed by atoms with Gasteiger partial charge in [-0.05, 0) is 47.2 Å². The fourth-order valence-electron chi connectivity index (χ4n) is 1.84. The van der Waals surface area contributed by atoms with Crippen molar-refractivity contribution in [1.29, 1.82) is 0 Å². The van der Waals surface area contributed by atoms with Gasteiger partial charge in [0.05, 0.1) is 9.88 Å².